The minimum absolute atomic E-state index is 0.219. The second kappa shape index (κ2) is 6.37. The first kappa shape index (κ1) is 14.3. The lowest BCUT2D eigenvalue weighted by molar-refractivity contribution is 0.0951. The molecule has 3 nitrogen and oxygen atoms in total. The van der Waals surface area contributed by atoms with Gasteiger partial charge in [0.05, 0.1) is 0 Å². The number of aromatic nitrogens is 1. The third kappa shape index (κ3) is 3.93. The predicted octanol–water partition coefficient (Wildman–Crippen LogP) is 4.08. The van der Waals surface area contributed by atoms with Crippen LogP contribution in [0.25, 0.3) is 0 Å². The first-order chi connectivity index (χ1) is 9.06. The van der Waals surface area contributed by atoms with Gasteiger partial charge in [-0.25, -0.2) is 4.98 Å². The number of rotatable bonds is 3. The lowest BCUT2D eigenvalue weighted by atomic mass is 10.2. The largest absolute Gasteiger partial charge is 0.348 e. The van der Waals surface area contributed by atoms with Gasteiger partial charge in [0.1, 0.15) is 5.15 Å². The van der Waals surface area contributed by atoms with Gasteiger partial charge in [-0.05, 0) is 29.8 Å². The third-order valence-corrected chi connectivity index (χ3v) is 3.50. The van der Waals surface area contributed by atoms with Crippen LogP contribution in [0.3, 0.4) is 0 Å². The first-order valence-corrected chi connectivity index (χ1v) is 6.95. The van der Waals surface area contributed by atoms with E-state index < -0.39 is 0 Å². The molecule has 0 aliphatic carbocycles. The zero-order chi connectivity index (χ0) is 13.8. The molecule has 0 fully saturated rings. The molecule has 0 saturated carbocycles. The Hall–Kier alpha value is -1.10. The lowest BCUT2D eigenvalue weighted by Crippen LogP contribution is -2.22. The van der Waals surface area contributed by atoms with Gasteiger partial charge in [-0.1, -0.05) is 45.2 Å². The van der Waals surface area contributed by atoms with Crippen LogP contribution in [0.1, 0.15) is 15.9 Å². The summed E-state index contributed by atoms with van der Waals surface area (Å²) in [6.07, 6.45) is 1.49. The topological polar surface area (TPSA) is 42.0 Å². The van der Waals surface area contributed by atoms with Gasteiger partial charge >= 0.3 is 0 Å². The van der Waals surface area contributed by atoms with E-state index in [-0.39, 0.29) is 11.1 Å². The van der Waals surface area contributed by atoms with Crippen LogP contribution in [-0.4, -0.2) is 10.9 Å². The number of nitrogens with one attached hydrogen (secondary N) is 1. The van der Waals surface area contributed by atoms with Crippen LogP contribution >= 0.6 is 39.1 Å². The Balaban J connectivity index is 2.04. The summed E-state index contributed by atoms with van der Waals surface area (Å²) in [5.74, 6) is -0.219. The van der Waals surface area contributed by atoms with Crippen LogP contribution in [0.4, 0.5) is 0 Å². The highest BCUT2D eigenvalue weighted by atomic mass is 79.9. The predicted molar refractivity (Wildman–Crippen MR) is 79.6 cm³/mol. The molecule has 0 atom stereocenters. The monoisotopic (exact) mass is 358 g/mol. The molecule has 0 spiro atoms. The number of carbonyl (C=O) groups excluding carboxylic acids is 1. The van der Waals surface area contributed by atoms with Crippen LogP contribution in [0.15, 0.2) is 41.0 Å². The van der Waals surface area contributed by atoms with E-state index in [9.17, 15) is 4.79 Å². The zero-order valence-electron chi connectivity index (χ0n) is 9.66. The lowest BCUT2D eigenvalue weighted by Gasteiger charge is -2.07. The van der Waals surface area contributed by atoms with Crippen molar-refractivity contribution in [3.05, 3.63) is 62.3 Å². The molecule has 2 aromatic rings. The Morgan fingerprint density at radius 1 is 1.26 bits per heavy atom. The van der Waals surface area contributed by atoms with Crippen LogP contribution < -0.4 is 5.32 Å². The normalized spacial score (nSPS) is 10.3. The van der Waals surface area contributed by atoms with Gasteiger partial charge in [0.25, 0.3) is 5.91 Å². The van der Waals surface area contributed by atoms with Gasteiger partial charge < -0.3 is 5.32 Å². The van der Waals surface area contributed by atoms with Crippen LogP contribution in [0.5, 0.6) is 0 Å². The van der Waals surface area contributed by atoms with Crippen molar-refractivity contribution in [2.24, 2.45) is 0 Å². The number of pyridine rings is 1. The number of hydrogen-bond acceptors (Lipinski definition) is 2. The van der Waals surface area contributed by atoms with Crippen LogP contribution in [0.2, 0.25) is 10.2 Å². The number of benzene rings is 1. The Morgan fingerprint density at radius 2 is 2.05 bits per heavy atom. The fourth-order valence-corrected chi connectivity index (χ4v) is 2.40. The Labute approximate surface area is 129 Å². The molecule has 6 heteroatoms. The van der Waals surface area contributed by atoms with Crippen LogP contribution in [0, 0.1) is 0 Å². The molecular weight excluding hydrogens is 351 g/mol. The maximum Gasteiger partial charge on any atom is 0.251 e. The summed E-state index contributed by atoms with van der Waals surface area (Å²) >= 11 is 15.1. The summed E-state index contributed by atoms with van der Waals surface area (Å²) < 4.78 is 0.897. The second-order valence-corrected chi connectivity index (χ2v) is 5.50. The van der Waals surface area contributed by atoms with Crippen molar-refractivity contribution in [2.45, 2.75) is 6.54 Å². The molecule has 0 radical (unpaired) electrons. The summed E-state index contributed by atoms with van der Waals surface area (Å²) in [5.41, 5.74) is 1.31. The van der Waals surface area contributed by atoms with E-state index in [0.29, 0.717) is 17.1 Å². The number of carbonyl (C=O) groups is 1. The van der Waals surface area contributed by atoms with E-state index >= 15 is 0 Å². The Morgan fingerprint density at radius 3 is 2.74 bits per heavy atom. The summed E-state index contributed by atoms with van der Waals surface area (Å²) in [6.45, 7) is 0.352. The van der Waals surface area contributed by atoms with E-state index in [1.54, 1.807) is 12.1 Å². The molecule has 0 aliphatic rings. The maximum atomic E-state index is 11.9. The van der Waals surface area contributed by atoms with E-state index in [1.807, 2.05) is 12.1 Å². The van der Waals surface area contributed by atoms with Crippen LogP contribution in [-0.2, 0) is 6.54 Å². The summed E-state index contributed by atoms with van der Waals surface area (Å²) in [4.78, 5) is 15.7. The average molecular weight is 360 g/mol. The van der Waals surface area contributed by atoms with E-state index in [2.05, 4.69) is 26.2 Å². The summed E-state index contributed by atoms with van der Waals surface area (Å²) in [7, 11) is 0. The molecule has 1 amide bonds. The van der Waals surface area contributed by atoms with Gasteiger partial charge in [0.2, 0.25) is 0 Å². The Bertz CT molecular complexity index is 619. The standard InChI is InChI=1S/C13H9BrCl2N2O/c14-10-2-1-9(11(15)6-10)7-18-13(19)8-3-4-17-12(16)5-8/h1-6H,7H2,(H,18,19). The SMILES string of the molecule is O=C(NCc1ccc(Br)cc1Cl)c1ccnc(Cl)c1. The molecule has 1 heterocycles. The minimum Gasteiger partial charge on any atom is -0.348 e. The molecule has 1 aromatic carbocycles. The van der Waals surface area contributed by atoms with Gasteiger partial charge in [-0.15, -0.1) is 0 Å². The van der Waals surface area contributed by atoms with Crippen molar-refractivity contribution in [3.8, 4) is 0 Å². The highest BCUT2D eigenvalue weighted by molar-refractivity contribution is 9.10. The molecule has 0 unspecified atom stereocenters. The smallest absolute Gasteiger partial charge is 0.251 e. The van der Waals surface area contributed by atoms with Crippen molar-refractivity contribution in [1.29, 1.82) is 0 Å². The van der Waals surface area contributed by atoms with Gasteiger partial charge in [-0.3, -0.25) is 4.79 Å². The quantitative estimate of drug-likeness (QED) is 0.839. The van der Waals surface area contributed by atoms with Crippen molar-refractivity contribution >= 4 is 45.0 Å². The van der Waals surface area contributed by atoms with E-state index in [0.717, 1.165) is 10.0 Å². The molecular formula is C13H9BrCl2N2O. The van der Waals surface area contributed by atoms with Crippen molar-refractivity contribution in [2.75, 3.05) is 0 Å². The minimum atomic E-state index is -0.219. The van der Waals surface area contributed by atoms with Gasteiger partial charge in [0, 0.05) is 27.8 Å². The fraction of sp³-hybridized carbons (Fsp3) is 0.0769. The number of hydrogen-bond donors (Lipinski definition) is 1. The van der Waals surface area contributed by atoms with Gasteiger partial charge in [-0.2, -0.15) is 0 Å². The average Bonchev–Trinajstić information content (AvgIpc) is 2.37. The zero-order valence-corrected chi connectivity index (χ0v) is 12.8. The second-order valence-electron chi connectivity index (χ2n) is 3.79. The fourth-order valence-electron chi connectivity index (χ4n) is 1.49. The van der Waals surface area contributed by atoms with Crippen molar-refractivity contribution < 1.29 is 4.79 Å². The number of nitrogens with zero attached hydrogens (tertiary/aromatic N) is 1. The van der Waals surface area contributed by atoms with Crippen molar-refractivity contribution in [1.82, 2.24) is 10.3 Å². The highest BCUT2D eigenvalue weighted by Crippen LogP contribution is 2.21. The molecule has 98 valence electrons. The molecule has 19 heavy (non-hydrogen) atoms. The molecule has 2 rings (SSSR count). The first-order valence-electron chi connectivity index (χ1n) is 5.40. The van der Waals surface area contributed by atoms with Crippen molar-refractivity contribution in [3.63, 3.8) is 0 Å². The number of halogens is 3. The third-order valence-electron chi connectivity index (χ3n) is 2.44. The Kier molecular flexibility index (Phi) is 4.80. The molecule has 1 aromatic heterocycles. The van der Waals surface area contributed by atoms with E-state index in [1.165, 1.54) is 12.3 Å². The maximum absolute atomic E-state index is 11.9. The molecule has 1 N–H and O–H groups in total. The van der Waals surface area contributed by atoms with Gasteiger partial charge in [0.15, 0.2) is 0 Å². The van der Waals surface area contributed by atoms with E-state index in [4.69, 9.17) is 23.2 Å². The molecule has 0 bridgehead atoms. The molecule has 0 saturated heterocycles. The summed E-state index contributed by atoms with van der Waals surface area (Å²) in [5, 5.41) is 3.66. The molecule has 0 aliphatic heterocycles. The summed E-state index contributed by atoms with van der Waals surface area (Å²) in [6, 6.07) is 8.62. The number of amides is 1. The highest BCUT2D eigenvalue weighted by Gasteiger charge is 2.07.